The lowest BCUT2D eigenvalue weighted by molar-refractivity contribution is -0.120. The van der Waals surface area contributed by atoms with Crippen molar-refractivity contribution < 1.29 is 34.2 Å². The molecule has 2 aliphatic heterocycles. The minimum atomic E-state index is -0.377. The van der Waals surface area contributed by atoms with Crippen molar-refractivity contribution in [3.8, 4) is 11.5 Å². The van der Waals surface area contributed by atoms with Crippen LogP contribution in [-0.2, 0) is 14.4 Å². The Morgan fingerprint density at radius 2 is 1.39 bits per heavy atom. The SMILES string of the molecule is O=C1CSC(=O)C1.O=C1NC(=O)/C(=C/c2ccc(O)cc2)S1.O=Cc1ccc(O)cc1. The van der Waals surface area contributed by atoms with Crippen LogP contribution in [0.2, 0.25) is 0 Å². The standard InChI is InChI=1S/C10H7NO3S.C7H6O2.C4H4O2S/c12-7-3-1-6(2-4-7)5-8-9(13)11-10(14)15-8;8-5-6-1-3-7(9)4-2-6;5-3-1-4(6)7-2-3/h1-5,12H,(H,11,13,14);1-5,9H;1-2H2/b8-5-;;. The molecule has 0 radical (unpaired) electrons. The molecule has 31 heavy (non-hydrogen) atoms. The predicted molar refractivity (Wildman–Crippen MR) is 118 cm³/mol. The van der Waals surface area contributed by atoms with Crippen LogP contribution in [0.4, 0.5) is 4.79 Å². The lowest BCUT2D eigenvalue weighted by Crippen LogP contribution is -2.17. The van der Waals surface area contributed by atoms with Gasteiger partial charge < -0.3 is 10.2 Å². The van der Waals surface area contributed by atoms with Gasteiger partial charge in [0.1, 0.15) is 17.8 Å². The lowest BCUT2D eigenvalue weighted by Gasteiger charge is -1.95. The zero-order chi connectivity index (χ0) is 22.8. The number of aromatic hydroxyl groups is 2. The monoisotopic (exact) mass is 459 g/mol. The summed E-state index contributed by atoms with van der Waals surface area (Å²) in [6.07, 6.45) is 2.49. The van der Waals surface area contributed by atoms with Gasteiger partial charge in [-0.15, -0.1) is 0 Å². The zero-order valence-electron chi connectivity index (χ0n) is 15.9. The summed E-state index contributed by atoms with van der Waals surface area (Å²) < 4.78 is 0. The Bertz CT molecular complexity index is 1000. The second kappa shape index (κ2) is 11.7. The van der Waals surface area contributed by atoms with E-state index in [-0.39, 0.29) is 40.0 Å². The Hall–Kier alpha value is -3.37. The molecule has 3 N–H and O–H groups in total. The van der Waals surface area contributed by atoms with Gasteiger partial charge in [0.15, 0.2) is 10.9 Å². The summed E-state index contributed by atoms with van der Waals surface area (Å²) >= 11 is 1.99. The molecule has 4 rings (SSSR count). The number of carbonyl (C=O) groups is 5. The number of phenols is 2. The summed E-state index contributed by atoms with van der Waals surface area (Å²) in [4.78, 5) is 52.9. The summed E-state index contributed by atoms with van der Waals surface area (Å²) in [5.41, 5.74) is 1.34. The van der Waals surface area contributed by atoms with Crippen molar-refractivity contribution >= 4 is 57.9 Å². The number of benzene rings is 2. The average Bonchev–Trinajstić information content (AvgIpc) is 3.28. The lowest BCUT2D eigenvalue weighted by atomic mass is 10.2. The number of amides is 2. The molecular weight excluding hydrogens is 442 g/mol. The van der Waals surface area contributed by atoms with Gasteiger partial charge in [0.05, 0.1) is 17.1 Å². The number of imide groups is 1. The van der Waals surface area contributed by atoms with Crippen molar-refractivity contribution in [2.75, 3.05) is 5.75 Å². The number of hydrogen-bond acceptors (Lipinski definition) is 9. The van der Waals surface area contributed by atoms with Crippen LogP contribution in [-0.4, -0.2) is 44.3 Å². The molecule has 8 nitrogen and oxygen atoms in total. The molecule has 10 heteroatoms. The highest BCUT2D eigenvalue weighted by molar-refractivity contribution is 8.18. The predicted octanol–water partition coefficient (Wildman–Crippen LogP) is 3.14. The van der Waals surface area contributed by atoms with Gasteiger partial charge in [0, 0.05) is 5.56 Å². The van der Waals surface area contributed by atoms with Crippen molar-refractivity contribution in [2.24, 2.45) is 0 Å². The highest BCUT2D eigenvalue weighted by Crippen LogP contribution is 2.25. The number of Topliss-reactive ketones (excluding diaryl/α,β-unsaturated/α-hetero) is 1. The first kappa shape index (κ1) is 23.9. The smallest absolute Gasteiger partial charge is 0.290 e. The summed E-state index contributed by atoms with van der Waals surface area (Å²) in [6, 6.07) is 12.4. The Morgan fingerprint density at radius 1 is 0.839 bits per heavy atom. The number of carbonyl (C=O) groups excluding carboxylic acids is 5. The molecule has 160 valence electrons. The minimum absolute atomic E-state index is 0.0185. The van der Waals surface area contributed by atoms with Crippen LogP contribution in [0.25, 0.3) is 6.08 Å². The maximum absolute atomic E-state index is 11.2. The fourth-order valence-electron chi connectivity index (χ4n) is 2.12. The van der Waals surface area contributed by atoms with Crippen LogP contribution in [0, 0.1) is 0 Å². The number of ketones is 1. The Kier molecular flexibility index (Phi) is 9.04. The van der Waals surface area contributed by atoms with E-state index in [4.69, 9.17) is 10.2 Å². The third-order valence-electron chi connectivity index (χ3n) is 3.60. The quantitative estimate of drug-likeness (QED) is 0.351. The first-order valence-corrected chi connectivity index (χ1v) is 10.5. The van der Waals surface area contributed by atoms with E-state index in [0.29, 0.717) is 16.2 Å². The highest BCUT2D eigenvalue weighted by Gasteiger charge is 2.24. The van der Waals surface area contributed by atoms with Crippen LogP contribution < -0.4 is 5.32 Å². The van der Waals surface area contributed by atoms with E-state index >= 15 is 0 Å². The number of rotatable bonds is 2. The summed E-state index contributed by atoms with van der Waals surface area (Å²) in [6.45, 7) is 0. The van der Waals surface area contributed by atoms with E-state index in [1.165, 1.54) is 24.3 Å². The third-order valence-corrected chi connectivity index (χ3v) is 5.34. The molecule has 2 aliphatic rings. The number of hydrogen-bond donors (Lipinski definition) is 3. The molecule has 2 aromatic carbocycles. The number of aldehydes is 1. The summed E-state index contributed by atoms with van der Waals surface area (Å²) in [5.74, 6) is 0.434. The van der Waals surface area contributed by atoms with Crippen LogP contribution in [0.5, 0.6) is 11.5 Å². The average molecular weight is 460 g/mol. The largest absolute Gasteiger partial charge is 0.508 e. The van der Waals surface area contributed by atoms with Gasteiger partial charge in [-0.2, -0.15) is 0 Å². The van der Waals surface area contributed by atoms with Gasteiger partial charge >= 0.3 is 0 Å². The molecular formula is C21H17NO7S2. The van der Waals surface area contributed by atoms with Crippen molar-refractivity contribution in [1.82, 2.24) is 5.32 Å². The van der Waals surface area contributed by atoms with E-state index in [1.807, 2.05) is 0 Å². The van der Waals surface area contributed by atoms with Gasteiger partial charge in [0.25, 0.3) is 11.1 Å². The van der Waals surface area contributed by atoms with E-state index in [2.05, 4.69) is 5.32 Å². The molecule has 2 heterocycles. The van der Waals surface area contributed by atoms with E-state index in [9.17, 15) is 24.0 Å². The van der Waals surface area contributed by atoms with E-state index < -0.39 is 0 Å². The molecule has 2 fully saturated rings. The Balaban J connectivity index is 0.000000181. The van der Waals surface area contributed by atoms with Gasteiger partial charge in [-0.1, -0.05) is 23.9 Å². The second-order valence-corrected chi connectivity index (χ2v) is 8.08. The molecule has 0 aromatic heterocycles. The first-order chi connectivity index (χ1) is 14.8. The molecule has 0 atom stereocenters. The summed E-state index contributed by atoms with van der Waals surface area (Å²) in [5, 5.41) is 19.6. The topological polar surface area (TPSA) is 138 Å². The molecule has 0 spiro atoms. The molecule has 0 unspecified atom stereocenters. The van der Waals surface area contributed by atoms with Gasteiger partial charge in [-0.3, -0.25) is 29.3 Å². The zero-order valence-corrected chi connectivity index (χ0v) is 17.6. The van der Waals surface area contributed by atoms with Gasteiger partial charge in [-0.05, 0) is 59.8 Å². The molecule has 2 amide bonds. The van der Waals surface area contributed by atoms with Crippen molar-refractivity contribution in [2.45, 2.75) is 6.42 Å². The second-order valence-electron chi connectivity index (χ2n) is 6.03. The Labute approximate surface area is 185 Å². The fraction of sp³-hybridized carbons (Fsp3) is 0.0952. The molecule has 0 saturated carbocycles. The molecule has 0 aliphatic carbocycles. The number of thioether (sulfide) groups is 2. The van der Waals surface area contributed by atoms with Crippen molar-refractivity contribution in [3.05, 3.63) is 64.6 Å². The molecule has 2 saturated heterocycles. The van der Waals surface area contributed by atoms with Crippen LogP contribution in [0.15, 0.2) is 53.4 Å². The normalized spacial score (nSPS) is 16.2. The van der Waals surface area contributed by atoms with Crippen molar-refractivity contribution in [3.63, 3.8) is 0 Å². The van der Waals surface area contributed by atoms with E-state index in [0.717, 1.165) is 35.4 Å². The maximum atomic E-state index is 11.2. The van der Waals surface area contributed by atoms with Crippen LogP contribution in [0.3, 0.4) is 0 Å². The van der Waals surface area contributed by atoms with Crippen molar-refractivity contribution in [1.29, 1.82) is 0 Å². The third kappa shape index (κ3) is 8.49. The van der Waals surface area contributed by atoms with E-state index in [1.54, 1.807) is 30.3 Å². The van der Waals surface area contributed by atoms with Crippen LogP contribution in [0.1, 0.15) is 22.3 Å². The maximum Gasteiger partial charge on any atom is 0.290 e. The summed E-state index contributed by atoms with van der Waals surface area (Å²) in [7, 11) is 0. The number of nitrogens with one attached hydrogen (secondary N) is 1. The highest BCUT2D eigenvalue weighted by atomic mass is 32.2. The Morgan fingerprint density at radius 3 is 1.74 bits per heavy atom. The first-order valence-electron chi connectivity index (χ1n) is 8.72. The number of phenolic OH excluding ortho intramolecular Hbond substituents is 2. The van der Waals surface area contributed by atoms with Crippen LogP contribution >= 0.6 is 23.5 Å². The molecule has 2 aromatic rings. The molecule has 0 bridgehead atoms. The van der Waals surface area contributed by atoms with Gasteiger partial charge in [0.2, 0.25) is 0 Å². The van der Waals surface area contributed by atoms with Gasteiger partial charge in [-0.25, -0.2) is 0 Å². The fourth-order valence-corrected chi connectivity index (χ4v) is 3.49. The minimum Gasteiger partial charge on any atom is -0.508 e.